The normalized spacial score (nSPS) is 22.3. The molecule has 34 valence electrons. The van der Waals surface area contributed by atoms with Crippen molar-refractivity contribution in [1.82, 2.24) is 0 Å². The van der Waals surface area contributed by atoms with E-state index in [2.05, 4.69) is 0 Å². The van der Waals surface area contributed by atoms with Gasteiger partial charge >= 0.3 is 1.43 Å². The highest BCUT2D eigenvalue weighted by atomic mass is 16.1. The number of rotatable bonds is 0. The average Bonchev–Trinajstić information content (AvgIpc) is 1.86. The number of hydrogen-bond acceptors (Lipinski definition) is 1. The quantitative estimate of drug-likeness (QED) is 0.432. The van der Waals surface area contributed by atoms with Crippen molar-refractivity contribution in [3.8, 4) is 0 Å². The molecule has 0 aromatic rings. The Balaban J connectivity index is 0.000000360. The van der Waals surface area contributed by atoms with Crippen LogP contribution in [0.4, 0.5) is 0 Å². The molecule has 1 saturated carbocycles. The van der Waals surface area contributed by atoms with Crippen LogP contribution in [0.15, 0.2) is 0 Å². The molecule has 1 heteroatoms. The summed E-state index contributed by atoms with van der Waals surface area (Å²) in [5.41, 5.74) is 0. The Kier molecular flexibility index (Phi) is 0.906. The molecule has 0 bridgehead atoms. The van der Waals surface area contributed by atoms with Gasteiger partial charge in [0.1, 0.15) is 5.78 Å². The van der Waals surface area contributed by atoms with E-state index in [-0.39, 0.29) is 1.43 Å². The van der Waals surface area contributed by atoms with E-state index >= 15 is 0 Å². The van der Waals surface area contributed by atoms with Crippen LogP contribution in [-0.2, 0) is 4.79 Å². The van der Waals surface area contributed by atoms with Crippen LogP contribution in [0, 0.1) is 0 Å². The molecule has 0 spiro atoms. The fourth-order valence-electron chi connectivity index (χ4n) is 0.769. The summed E-state index contributed by atoms with van der Waals surface area (Å²) < 4.78 is 0. The molecule has 0 heterocycles. The molecule has 1 aliphatic carbocycles. The number of carbonyl (C=O) groups is 1. The smallest absolute Gasteiger partial charge is 0.300 e. The third-order valence-corrected chi connectivity index (χ3v) is 1.16. The van der Waals surface area contributed by atoms with Gasteiger partial charge in [-0.2, -0.15) is 0 Å². The largest absolute Gasteiger partial charge is 1.00 e. The first-order valence-electron chi connectivity index (χ1n) is 2.41. The Morgan fingerprint density at radius 3 is 2.00 bits per heavy atom. The van der Waals surface area contributed by atoms with Gasteiger partial charge in [-0.1, -0.05) is 0 Å². The third kappa shape index (κ3) is 0.588. The van der Waals surface area contributed by atoms with Gasteiger partial charge in [0.2, 0.25) is 0 Å². The minimum Gasteiger partial charge on any atom is -0.300 e. The zero-order valence-corrected chi connectivity index (χ0v) is 3.74. The Hall–Kier alpha value is -0.330. The summed E-state index contributed by atoms with van der Waals surface area (Å²) in [6, 6.07) is 0. The zero-order valence-electron chi connectivity index (χ0n) is 4.74. The molecule has 1 fully saturated rings. The minimum absolute atomic E-state index is 0. The van der Waals surface area contributed by atoms with Crippen LogP contribution in [0.5, 0.6) is 0 Å². The molecule has 0 amide bonds. The van der Waals surface area contributed by atoms with E-state index < -0.39 is 0 Å². The Morgan fingerprint density at radius 2 is 1.83 bits per heavy atom. The third-order valence-electron chi connectivity index (χ3n) is 1.16. The molecule has 6 heavy (non-hydrogen) atoms. The van der Waals surface area contributed by atoms with Crippen molar-refractivity contribution in [3.63, 3.8) is 0 Å². The molecule has 0 atom stereocenters. The van der Waals surface area contributed by atoms with Gasteiger partial charge < -0.3 is 0 Å². The molecule has 0 aromatic heterocycles. The second kappa shape index (κ2) is 1.41. The van der Waals surface area contributed by atoms with Gasteiger partial charge in [-0.05, 0) is 12.8 Å². The van der Waals surface area contributed by atoms with Crippen molar-refractivity contribution in [1.29, 1.82) is 0 Å². The van der Waals surface area contributed by atoms with E-state index in [1.165, 1.54) is 0 Å². The molecule has 0 saturated heterocycles. The molecular weight excluding hydrogens is 76.1 g/mol. The lowest BCUT2D eigenvalue weighted by Gasteiger charge is -1.71. The predicted molar refractivity (Wildman–Crippen MR) is 24.6 cm³/mol. The second-order valence-corrected chi connectivity index (χ2v) is 1.75. The summed E-state index contributed by atoms with van der Waals surface area (Å²) >= 11 is 0. The van der Waals surface area contributed by atoms with Gasteiger partial charge in [-0.15, -0.1) is 0 Å². The van der Waals surface area contributed by atoms with E-state index in [1.54, 1.807) is 0 Å². The van der Waals surface area contributed by atoms with Crippen LogP contribution in [0.2, 0.25) is 0 Å². The van der Waals surface area contributed by atoms with Gasteiger partial charge in [-0.25, -0.2) is 0 Å². The zero-order chi connectivity index (χ0) is 4.41. The maximum atomic E-state index is 10.2. The maximum Gasteiger partial charge on any atom is 1.00 e. The number of ketones is 1. The molecular formula is C5H9O+. The van der Waals surface area contributed by atoms with E-state index in [9.17, 15) is 4.79 Å². The Morgan fingerprint density at radius 1 is 1.33 bits per heavy atom. The van der Waals surface area contributed by atoms with Crippen molar-refractivity contribution < 1.29 is 6.22 Å². The summed E-state index contributed by atoms with van der Waals surface area (Å²) in [4.78, 5) is 10.2. The first-order chi connectivity index (χ1) is 2.89. The van der Waals surface area contributed by atoms with Crippen molar-refractivity contribution in [2.45, 2.75) is 25.7 Å². The fraction of sp³-hybridized carbons (Fsp3) is 0.800. The second-order valence-electron chi connectivity index (χ2n) is 1.75. The van der Waals surface area contributed by atoms with Crippen LogP contribution in [0.1, 0.15) is 27.1 Å². The lowest BCUT2D eigenvalue weighted by molar-refractivity contribution is -0.117. The fourth-order valence-corrected chi connectivity index (χ4v) is 0.769. The lowest BCUT2D eigenvalue weighted by atomic mass is 10.4. The molecule has 0 aliphatic heterocycles. The van der Waals surface area contributed by atoms with Crippen LogP contribution in [0.3, 0.4) is 0 Å². The van der Waals surface area contributed by atoms with Crippen LogP contribution in [-0.4, -0.2) is 5.78 Å². The number of hydrogen-bond donors (Lipinski definition) is 0. The number of carbonyl (C=O) groups excluding carboxylic acids is 1. The lowest BCUT2D eigenvalue weighted by Crippen LogP contribution is -1.81. The van der Waals surface area contributed by atoms with E-state index in [1.807, 2.05) is 0 Å². The van der Waals surface area contributed by atoms with Gasteiger partial charge in [0.15, 0.2) is 0 Å². The molecule has 1 nitrogen and oxygen atoms in total. The first kappa shape index (κ1) is 3.85. The van der Waals surface area contributed by atoms with Crippen molar-refractivity contribution >= 4 is 5.78 Å². The predicted octanol–water partition coefficient (Wildman–Crippen LogP) is 1.24. The maximum absolute atomic E-state index is 10.2. The van der Waals surface area contributed by atoms with Crippen molar-refractivity contribution in [3.05, 3.63) is 0 Å². The standard InChI is InChI=1S/C5H8O/c6-5-3-1-2-4-5/h1-4H2/p+1. The summed E-state index contributed by atoms with van der Waals surface area (Å²) in [5, 5.41) is 0. The summed E-state index contributed by atoms with van der Waals surface area (Å²) in [7, 11) is 0. The highest BCUT2D eigenvalue weighted by Crippen LogP contribution is 2.11. The summed E-state index contributed by atoms with van der Waals surface area (Å²) in [6.45, 7) is 0. The van der Waals surface area contributed by atoms with Gasteiger partial charge in [0, 0.05) is 12.8 Å². The number of Topliss-reactive ketones (excluding diaryl/α,β-unsaturated/α-hetero) is 1. The van der Waals surface area contributed by atoms with Gasteiger partial charge in [0.25, 0.3) is 0 Å². The molecule has 0 unspecified atom stereocenters. The van der Waals surface area contributed by atoms with E-state index in [4.69, 9.17) is 0 Å². The van der Waals surface area contributed by atoms with Crippen molar-refractivity contribution in [2.75, 3.05) is 0 Å². The van der Waals surface area contributed by atoms with Crippen LogP contribution in [0.25, 0.3) is 0 Å². The van der Waals surface area contributed by atoms with E-state index in [0.717, 1.165) is 25.7 Å². The first-order valence-corrected chi connectivity index (χ1v) is 2.41. The molecule has 0 aromatic carbocycles. The highest BCUT2D eigenvalue weighted by molar-refractivity contribution is 5.79. The molecule has 0 N–H and O–H groups in total. The SMILES string of the molecule is O=C1CCCC1.[H+]. The van der Waals surface area contributed by atoms with Gasteiger partial charge in [0.05, 0.1) is 0 Å². The Labute approximate surface area is 38.8 Å². The molecule has 0 radical (unpaired) electrons. The van der Waals surface area contributed by atoms with E-state index in [0.29, 0.717) is 5.78 Å². The molecule has 1 rings (SSSR count). The minimum atomic E-state index is 0. The molecule has 1 aliphatic rings. The summed E-state index contributed by atoms with van der Waals surface area (Å²) in [6.07, 6.45) is 3.97. The van der Waals surface area contributed by atoms with Crippen LogP contribution < -0.4 is 0 Å². The van der Waals surface area contributed by atoms with Gasteiger partial charge in [-0.3, -0.25) is 4.79 Å². The highest BCUT2D eigenvalue weighted by Gasteiger charge is 2.07. The summed E-state index contributed by atoms with van der Waals surface area (Å²) in [5.74, 6) is 0.454. The Bertz CT molecular complexity index is 62.5. The van der Waals surface area contributed by atoms with Crippen molar-refractivity contribution in [2.24, 2.45) is 0 Å². The topological polar surface area (TPSA) is 17.1 Å². The monoisotopic (exact) mass is 85.1 g/mol. The average molecular weight is 85.1 g/mol. The van der Waals surface area contributed by atoms with Crippen LogP contribution >= 0.6 is 0 Å².